The van der Waals surface area contributed by atoms with Gasteiger partial charge in [-0.1, -0.05) is 12.1 Å². The van der Waals surface area contributed by atoms with E-state index in [2.05, 4.69) is 10.3 Å². The number of hydrogen-bond donors (Lipinski definition) is 8. The van der Waals surface area contributed by atoms with Crippen LogP contribution >= 0.6 is 23.1 Å². The van der Waals surface area contributed by atoms with Crippen LogP contribution in [0.15, 0.2) is 61.5 Å². The first-order valence-electron chi connectivity index (χ1n) is 14.5. The molecule has 1 aromatic heterocycles. The number of sulfone groups is 1. The zero-order valence-corrected chi connectivity index (χ0v) is 30.3. The molecular weight excluding hydrogens is 799 g/mol. The molecule has 54 heavy (non-hydrogen) atoms. The highest BCUT2D eigenvalue weighted by molar-refractivity contribution is 8.01. The molecule has 1 heterocycles. The van der Waals surface area contributed by atoms with E-state index in [1.807, 2.05) is 0 Å². The van der Waals surface area contributed by atoms with Crippen molar-refractivity contribution in [3.63, 3.8) is 0 Å². The number of nitrogen functional groups attached to an aromatic ring is 1. The number of carbonyl (C=O) groups excluding carboxylic acids is 1. The lowest BCUT2D eigenvalue weighted by atomic mass is 9.93. The highest BCUT2D eigenvalue weighted by Crippen LogP contribution is 2.39. The Morgan fingerprint density at radius 2 is 1.48 bits per heavy atom. The molecule has 0 spiro atoms. The third-order valence-corrected chi connectivity index (χ3v) is 10.6. The summed E-state index contributed by atoms with van der Waals surface area (Å²) >= 11 is 2.39. The molecular formula is C30H32F6N6O9S3. The lowest BCUT2D eigenvalue weighted by molar-refractivity contribution is -0.193. The molecule has 0 aliphatic heterocycles. The minimum absolute atomic E-state index is 0.00222. The summed E-state index contributed by atoms with van der Waals surface area (Å²) in [4.78, 5) is 46.3. The van der Waals surface area contributed by atoms with Gasteiger partial charge >= 0.3 is 30.3 Å². The molecule has 0 radical (unpaired) electrons. The summed E-state index contributed by atoms with van der Waals surface area (Å²) in [5, 5.41) is 33.6. The Labute approximate surface area is 310 Å². The average Bonchev–Trinajstić information content (AvgIpc) is 3.50. The lowest BCUT2D eigenvalue weighted by Gasteiger charge is -2.16. The number of hydrogen-bond acceptors (Lipinski definition) is 10. The summed E-state index contributed by atoms with van der Waals surface area (Å²) in [5.74, 6) is -7.27. The van der Waals surface area contributed by atoms with Crippen LogP contribution in [-0.4, -0.2) is 84.5 Å². The number of nitrogens with two attached hydrogens (primary N) is 3. The molecule has 2 aromatic carbocycles. The van der Waals surface area contributed by atoms with Gasteiger partial charge in [0.05, 0.1) is 24.6 Å². The number of nitrogens with zero attached hydrogens (tertiary/aromatic N) is 1. The number of guanidine groups is 1. The fraction of sp³-hybridized carbons (Fsp3) is 0.267. The van der Waals surface area contributed by atoms with Gasteiger partial charge in [0.25, 0.3) is 5.91 Å². The van der Waals surface area contributed by atoms with Gasteiger partial charge in [-0.2, -0.15) is 26.3 Å². The first kappa shape index (κ1) is 46.7. The zero-order valence-electron chi connectivity index (χ0n) is 27.8. The number of aryl methyl sites for hydroxylation is 1. The van der Waals surface area contributed by atoms with Gasteiger partial charge in [0.1, 0.15) is 5.84 Å². The van der Waals surface area contributed by atoms with E-state index in [1.165, 1.54) is 36.0 Å². The summed E-state index contributed by atoms with van der Waals surface area (Å²) < 4.78 is 91.3. The molecule has 0 atom stereocenters. The highest BCUT2D eigenvalue weighted by atomic mass is 32.2. The number of aliphatic carboxylic acids is 3. The summed E-state index contributed by atoms with van der Waals surface area (Å²) in [7, 11) is -3.99. The van der Waals surface area contributed by atoms with Crippen molar-refractivity contribution in [2.75, 3.05) is 12.8 Å². The molecule has 3 aromatic rings. The van der Waals surface area contributed by atoms with Crippen LogP contribution in [0.3, 0.4) is 0 Å². The average molecular weight is 831 g/mol. The fourth-order valence-corrected chi connectivity index (χ4v) is 7.91. The van der Waals surface area contributed by atoms with Crippen LogP contribution in [0.25, 0.3) is 11.1 Å². The van der Waals surface area contributed by atoms with Crippen molar-refractivity contribution in [1.82, 2.24) is 5.32 Å². The van der Waals surface area contributed by atoms with Gasteiger partial charge in [-0.25, -0.2) is 23.0 Å². The predicted molar refractivity (Wildman–Crippen MR) is 186 cm³/mol. The third kappa shape index (κ3) is 14.2. The quantitative estimate of drug-likeness (QED) is 0.0404. The van der Waals surface area contributed by atoms with Gasteiger partial charge in [-0.05, 0) is 73.0 Å². The van der Waals surface area contributed by atoms with Gasteiger partial charge in [0, 0.05) is 18.5 Å². The van der Waals surface area contributed by atoms with Crippen LogP contribution in [0, 0.1) is 12.3 Å². The number of carbonyl (C=O) groups is 4. The number of aliphatic imine (C=N–C) groups is 1. The Kier molecular flexibility index (Phi) is 17.0. The van der Waals surface area contributed by atoms with Gasteiger partial charge in [0.15, 0.2) is 5.96 Å². The Balaban J connectivity index is 0.000000879. The summed E-state index contributed by atoms with van der Waals surface area (Å²) in [6.45, 7) is 2.01. The molecule has 1 amide bonds. The number of benzene rings is 2. The number of amides is 1. The van der Waals surface area contributed by atoms with Gasteiger partial charge < -0.3 is 37.8 Å². The molecule has 0 saturated heterocycles. The molecule has 0 aliphatic rings. The van der Waals surface area contributed by atoms with Crippen LogP contribution in [0.1, 0.15) is 40.1 Å². The van der Waals surface area contributed by atoms with Gasteiger partial charge in [-0.15, -0.1) is 23.1 Å². The fourth-order valence-electron chi connectivity index (χ4n) is 4.01. The first-order valence-corrected chi connectivity index (χ1v) is 18.0. The van der Waals surface area contributed by atoms with E-state index >= 15 is 0 Å². The number of amidine groups is 1. The topological polar surface area (TPSA) is 289 Å². The molecule has 0 fully saturated rings. The minimum Gasteiger partial charge on any atom is -0.481 e. The molecule has 11 N–H and O–H groups in total. The molecule has 0 bridgehead atoms. The van der Waals surface area contributed by atoms with E-state index in [4.69, 9.17) is 47.5 Å². The number of alkyl halides is 6. The summed E-state index contributed by atoms with van der Waals surface area (Å²) in [6.07, 6.45) is -7.55. The molecule has 3 rings (SSSR count). The van der Waals surface area contributed by atoms with E-state index in [0.717, 1.165) is 11.3 Å². The second-order valence-corrected chi connectivity index (χ2v) is 14.4. The van der Waals surface area contributed by atoms with Crippen molar-refractivity contribution in [3.05, 3.63) is 58.5 Å². The van der Waals surface area contributed by atoms with E-state index < -0.39 is 46.0 Å². The first-order chi connectivity index (χ1) is 24.7. The van der Waals surface area contributed by atoms with E-state index in [-0.39, 0.29) is 40.1 Å². The van der Waals surface area contributed by atoms with Crippen LogP contribution in [0.2, 0.25) is 0 Å². The monoisotopic (exact) mass is 830 g/mol. The number of carboxylic acid groups (broad SMARTS) is 3. The Bertz CT molecular complexity index is 1990. The van der Waals surface area contributed by atoms with E-state index in [1.54, 1.807) is 31.4 Å². The standard InChI is InChI=1S/C26H30N6O5S3.2C2HF3O2/c1-14-10-16(32-26(29)30)12-18(24(35)31-9-4-3-8-21(33)34)22(14)15-6-5-7-17(11-15)40(36,37)20-13-19(23(27)28)39-25(20)38-2;2*3-2(4,5)1(6)7/h5-7,10-13H,3-4,8-9H2,1-2H3,(H3,27,28)(H,31,35)(H,33,34)(H4,29,30,32);2*(H,6,7). The highest BCUT2D eigenvalue weighted by Gasteiger charge is 2.39. The molecule has 0 aliphatic carbocycles. The predicted octanol–water partition coefficient (Wildman–Crippen LogP) is 4.72. The molecule has 0 saturated carbocycles. The maximum atomic E-state index is 13.7. The van der Waals surface area contributed by atoms with Gasteiger partial charge in [-0.3, -0.25) is 15.0 Å². The smallest absolute Gasteiger partial charge is 0.481 e. The van der Waals surface area contributed by atoms with Crippen LogP contribution in [0.5, 0.6) is 0 Å². The van der Waals surface area contributed by atoms with Gasteiger partial charge in [0.2, 0.25) is 9.84 Å². The molecule has 296 valence electrons. The molecule has 24 heteroatoms. The third-order valence-electron chi connectivity index (χ3n) is 6.25. The number of thioether (sulfide) groups is 1. The van der Waals surface area contributed by atoms with Crippen molar-refractivity contribution < 1.29 is 69.3 Å². The van der Waals surface area contributed by atoms with Crippen molar-refractivity contribution >= 4 is 74.2 Å². The second-order valence-electron chi connectivity index (χ2n) is 10.3. The number of nitrogens with one attached hydrogen (secondary N) is 2. The van der Waals surface area contributed by atoms with Crippen molar-refractivity contribution in [2.45, 2.75) is 52.5 Å². The SMILES string of the molecule is CSc1sc(C(=N)N)cc1S(=O)(=O)c1cccc(-c2c(C)cc(N=C(N)N)cc2C(=O)NCCCCC(=O)O)c1.O=C(O)C(F)(F)F.O=C(O)C(F)(F)F. The van der Waals surface area contributed by atoms with Crippen molar-refractivity contribution in [2.24, 2.45) is 22.2 Å². The second kappa shape index (κ2) is 19.6. The van der Waals surface area contributed by atoms with Crippen molar-refractivity contribution in [1.29, 1.82) is 5.41 Å². The number of rotatable bonds is 12. The number of unbranched alkanes of at least 4 members (excludes halogenated alkanes) is 1. The molecule has 0 unspecified atom stereocenters. The van der Waals surface area contributed by atoms with E-state index in [9.17, 15) is 44.3 Å². The zero-order chi connectivity index (χ0) is 41.8. The molecule has 15 nitrogen and oxygen atoms in total. The maximum absolute atomic E-state index is 13.7. The number of thiophene rings is 1. The van der Waals surface area contributed by atoms with Crippen LogP contribution in [-0.2, 0) is 24.2 Å². The minimum atomic E-state index is -5.08. The Morgan fingerprint density at radius 3 is 1.94 bits per heavy atom. The summed E-state index contributed by atoms with van der Waals surface area (Å²) in [6, 6.07) is 10.9. The Morgan fingerprint density at radius 1 is 0.926 bits per heavy atom. The Hall–Kier alpha value is -5.36. The normalized spacial score (nSPS) is 11.2. The lowest BCUT2D eigenvalue weighted by Crippen LogP contribution is -2.25. The maximum Gasteiger partial charge on any atom is 0.490 e. The number of carboxylic acids is 3. The van der Waals surface area contributed by atoms with E-state index in [0.29, 0.717) is 44.3 Å². The number of halogens is 6. The van der Waals surface area contributed by atoms with Crippen LogP contribution in [0.4, 0.5) is 32.0 Å². The summed E-state index contributed by atoms with van der Waals surface area (Å²) in [5.41, 5.74) is 18.9. The largest absolute Gasteiger partial charge is 0.490 e. The van der Waals surface area contributed by atoms with Crippen LogP contribution < -0.4 is 22.5 Å². The van der Waals surface area contributed by atoms with Crippen molar-refractivity contribution in [3.8, 4) is 11.1 Å².